The molecule has 100 valence electrons. The minimum atomic E-state index is 0.498. The molecule has 0 aliphatic carbocycles. The first kappa shape index (κ1) is 12.2. The SMILES string of the molecule is Cc1ccccc1OCc1nnc2n1CCCCC2. The van der Waals surface area contributed by atoms with Gasteiger partial charge in [0.15, 0.2) is 5.82 Å². The van der Waals surface area contributed by atoms with Crippen molar-refractivity contribution in [1.82, 2.24) is 14.8 Å². The van der Waals surface area contributed by atoms with Gasteiger partial charge in [-0.05, 0) is 31.4 Å². The van der Waals surface area contributed by atoms with Crippen LogP contribution in [-0.2, 0) is 19.6 Å². The average molecular weight is 257 g/mol. The van der Waals surface area contributed by atoms with Crippen molar-refractivity contribution in [3.63, 3.8) is 0 Å². The second-order valence-electron chi connectivity index (χ2n) is 5.05. The van der Waals surface area contributed by atoms with Crippen LogP contribution in [0, 0.1) is 6.92 Å². The van der Waals surface area contributed by atoms with Crippen molar-refractivity contribution in [1.29, 1.82) is 0 Å². The fourth-order valence-corrected chi connectivity index (χ4v) is 2.51. The van der Waals surface area contributed by atoms with E-state index in [0.29, 0.717) is 6.61 Å². The maximum Gasteiger partial charge on any atom is 0.171 e. The molecule has 0 saturated heterocycles. The number of fused-ring (bicyclic) bond motifs is 1. The normalized spacial score (nSPS) is 14.8. The van der Waals surface area contributed by atoms with Crippen LogP contribution in [0.4, 0.5) is 0 Å². The average Bonchev–Trinajstić information content (AvgIpc) is 2.66. The zero-order chi connectivity index (χ0) is 13.1. The monoisotopic (exact) mass is 257 g/mol. The van der Waals surface area contributed by atoms with Gasteiger partial charge in [0, 0.05) is 13.0 Å². The van der Waals surface area contributed by atoms with Crippen molar-refractivity contribution in [2.24, 2.45) is 0 Å². The first-order valence-corrected chi connectivity index (χ1v) is 6.94. The number of para-hydroxylation sites is 1. The van der Waals surface area contributed by atoms with E-state index in [2.05, 4.69) is 27.8 Å². The summed E-state index contributed by atoms with van der Waals surface area (Å²) in [5.74, 6) is 2.98. The highest BCUT2D eigenvalue weighted by Crippen LogP contribution is 2.19. The van der Waals surface area contributed by atoms with Gasteiger partial charge in [0.05, 0.1) is 0 Å². The van der Waals surface area contributed by atoms with Gasteiger partial charge in [-0.3, -0.25) is 0 Å². The summed E-state index contributed by atoms with van der Waals surface area (Å²) in [5, 5.41) is 8.56. The summed E-state index contributed by atoms with van der Waals surface area (Å²) < 4.78 is 8.09. The molecule has 1 aliphatic rings. The van der Waals surface area contributed by atoms with E-state index < -0.39 is 0 Å². The number of aromatic nitrogens is 3. The molecular weight excluding hydrogens is 238 g/mol. The number of ether oxygens (including phenoxy) is 1. The van der Waals surface area contributed by atoms with Crippen molar-refractivity contribution in [3.05, 3.63) is 41.5 Å². The summed E-state index contributed by atoms with van der Waals surface area (Å²) in [6, 6.07) is 8.06. The summed E-state index contributed by atoms with van der Waals surface area (Å²) in [6.45, 7) is 3.58. The van der Waals surface area contributed by atoms with Crippen LogP contribution in [-0.4, -0.2) is 14.8 Å². The van der Waals surface area contributed by atoms with Crippen molar-refractivity contribution >= 4 is 0 Å². The summed E-state index contributed by atoms with van der Waals surface area (Å²) in [4.78, 5) is 0. The third kappa shape index (κ3) is 2.62. The molecule has 4 heteroatoms. The molecule has 1 aromatic carbocycles. The van der Waals surface area contributed by atoms with E-state index in [1.165, 1.54) is 19.3 Å². The van der Waals surface area contributed by atoms with E-state index in [1.54, 1.807) is 0 Å². The van der Waals surface area contributed by atoms with Crippen LogP contribution in [0.2, 0.25) is 0 Å². The molecule has 0 bridgehead atoms. The van der Waals surface area contributed by atoms with Gasteiger partial charge in [-0.1, -0.05) is 24.6 Å². The Kier molecular flexibility index (Phi) is 3.49. The molecule has 0 radical (unpaired) electrons. The van der Waals surface area contributed by atoms with E-state index in [9.17, 15) is 0 Å². The molecule has 0 N–H and O–H groups in total. The van der Waals surface area contributed by atoms with Gasteiger partial charge >= 0.3 is 0 Å². The number of nitrogens with zero attached hydrogens (tertiary/aromatic N) is 3. The zero-order valence-corrected chi connectivity index (χ0v) is 11.3. The van der Waals surface area contributed by atoms with Gasteiger partial charge in [0.2, 0.25) is 0 Å². The molecule has 0 amide bonds. The molecule has 0 fully saturated rings. The lowest BCUT2D eigenvalue weighted by molar-refractivity contribution is 0.286. The van der Waals surface area contributed by atoms with Gasteiger partial charge in [-0.15, -0.1) is 10.2 Å². The van der Waals surface area contributed by atoms with Crippen molar-refractivity contribution in [2.75, 3.05) is 0 Å². The van der Waals surface area contributed by atoms with E-state index in [4.69, 9.17) is 4.74 Å². The Balaban J connectivity index is 1.74. The van der Waals surface area contributed by atoms with Gasteiger partial charge < -0.3 is 9.30 Å². The van der Waals surface area contributed by atoms with Gasteiger partial charge in [-0.2, -0.15) is 0 Å². The molecule has 19 heavy (non-hydrogen) atoms. The predicted octanol–water partition coefficient (Wildman–Crippen LogP) is 2.89. The Morgan fingerprint density at radius 1 is 1.16 bits per heavy atom. The second kappa shape index (κ2) is 5.43. The summed E-state index contributed by atoms with van der Waals surface area (Å²) in [5.41, 5.74) is 1.15. The number of rotatable bonds is 3. The fourth-order valence-electron chi connectivity index (χ4n) is 2.51. The Morgan fingerprint density at radius 2 is 2.05 bits per heavy atom. The first-order valence-electron chi connectivity index (χ1n) is 6.94. The molecule has 1 aromatic heterocycles. The smallest absolute Gasteiger partial charge is 0.171 e. The minimum Gasteiger partial charge on any atom is -0.485 e. The van der Waals surface area contributed by atoms with Crippen molar-refractivity contribution in [2.45, 2.75) is 45.8 Å². The molecule has 2 heterocycles. The standard InChI is InChI=1S/C15H19N3O/c1-12-7-4-5-8-13(12)19-11-15-17-16-14-9-3-2-6-10-18(14)15/h4-5,7-8H,2-3,6,9-11H2,1H3. The Morgan fingerprint density at radius 3 is 2.95 bits per heavy atom. The maximum absolute atomic E-state index is 5.86. The minimum absolute atomic E-state index is 0.498. The van der Waals surface area contributed by atoms with Crippen molar-refractivity contribution < 1.29 is 4.74 Å². The van der Waals surface area contributed by atoms with Crippen LogP contribution < -0.4 is 4.74 Å². The predicted molar refractivity (Wildman–Crippen MR) is 73.1 cm³/mol. The van der Waals surface area contributed by atoms with E-state index >= 15 is 0 Å². The molecule has 4 nitrogen and oxygen atoms in total. The van der Waals surface area contributed by atoms with Crippen LogP contribution in [0.25, 0.3) is 0 Å². The lowest BCUT2D eigenvalue weighted by Gasteiger charge is -2.10. The highest BCUT2D eigenvalue weighted by molar-refractivity contribution is 5.31. The first-order chi connectivity index (χ1) is 9.34. The quantitative estimate of drug-likeness (QED) is 0.848. The highest BCUT2D eigenvalue weighted by Gasteiger charge is 2.14. The molecule has 0 unspecified atom stereocenters. The van der Waals surface area contributed by atoms with Gasteiger partial charge in [-0.25, -0.2) is 0 Å². The molecule has 0 spiro atoms. The number of hydrogen-bond acceptors (Lipinski definition) is 3. The molecule has 0 atom stereocenters. The second-order valence-corrected chi connectivity index (χ2v) is 5.05. The summed E-state index contributed by atoms with van der Waals surface area (Å²) >= 11 is 0. The molecule has 1 aliphatic heterocycles. The zero-order valence-electron chi connectivity index (χ0n) is 11.3. The fraction of sp³-hybridized carbons (Fsp3) is 0.467. The van der Waals surface area contributed by atoms with E-state index in [-0.39, 0.29) is 0 Å². The van der Waals surface area contributed by atoms with Gasteiger partial charge in [0.25, 0.3) is 0 Å². The summed E-state index contributed by atoms with van der Waals surface area (Å²) in [6.07, 6.45) is 4.75. The number of hydrogen-bond donors (Lipinski definition) is 0. The molecule has 2 aromatic rings. The highest BCUT2D eigenvalue weighted by atomic mass is 16.5. The molecular formula is C15H19N3O. The number of benzene rings is 1. The largest absolute Gasteiger partial charge is 0.485 e. The van der Waals surface area contributed by atoms with Crippen LogP contribution in [0.1, 0.15) is 36.5 Å². The van der Waals surface area contributed by atoms with E-state index in [0.717, 1.165) is 35.9 Å². The van der Waals surface area contributed by atoms with Crippen LogP contribution >= 0.6 is 0 Å². The Hall–Kier alpha value is -1.84. The topological polar surface area (TPSA) is 39.9 Å². The summed E-state index contributed by atoms with van der Waals surface area (Å²) in [7, 11) is 0. The van der Waals surface area contributed by atoms with Crippen molar-refractivity contribution in [3.8, 4) is 5.75 Å². The lowest BCUT2D eigenvalue weighted by Crippen LogP contribution is -2.09. The number of aryl methyl sites for hydroxylation is 2. The maximum atomic E-state index is 5.86. The van der Waals surface area contributed by atoms with Crippen LogP contribution in [0.5, 0.6) is 5.75 Å². The Labute approximate surface area is 113 Å². The molecule has 3 rings (SSSR count). The van der Waals surface area contributed by atoms with Crippen LogP contribution in [0.3, 0.4) is 0 Å². The van der Waals surface area contributed by atoms with Gasteiger partial charge in [0.1, 0.15) is 18.2 Å². The van der Waals surface area contributed by atoms with E-state index in [1.807, 2.05) is 18.2 Å². The lowest BCUT2D eigenvalue weighted by atomic mass is 10.2. The Bertz CT molecular complexity index is 562. The third-order valence-electron chi connectivity index (χ3n) is 3.64. The molecule has 0 saturated carbocycles. The third-order valence-corrected chi connectivity index (χ3v) is 3.64. The van der Waals surface area contributed by atoms with Crippen LogP contribution in [0.15, 0.2) is 24.3 Å².